The number of aromatic nitrogens is 1. The standard InChI is InChI=1S/C27H25N3O3S/c1-15-10-16(2)24-20(11-15)28-27(34-24)29(13-17-6-4-3-5-7-17)21(31)14-30-25(32)22-18-8-9-19(12-18)23(22)26(30)33/h3-11,18-19,22-23H,12-14H2,1-2H3. The SMILES string of the molecule is Cc1cc(C)c2sc(N(Cc3ccccc3)C(=O)CN3C(=O)C4C5C=CC(C5)C4C3=O)nc2c1. The van der Waals surface area contributed by atoms with Crippen molar-refractivity contribution in [2.45, 2.75) is 26.8 Å². The molecule has 2 aromatic carbocycles. The lowest BCUT2D eigenvalue weighted by molar-refractivity contribution is -0.143. The minimum Gasteiger partial charge on any atom is -0.282 e. The van der Waals surface area contributed by atoms with Gasteiger partial charge < -0.3 is 0 Å². The highest BCUT2D eigenvalue weighted by atomic mass is 32.1. The third-order valence-corrected chi connectivity index (χ3v) is 8.61. The van der Waals surface area contributed by atoms with Gasteiger partial charge in [-0.1, -0.05) is 59.9 Å². The fourth-order valence-corrected chi connectivity index (χ4v) is 6.88. The summed E-state index contributed by atoms with van der Waals surface area (Å²) in [5.41, 5.74) is 4.05. The zero-order chi connectivity index (χ0) is 23.6. The molecular formula is C27H25N3O3S. The van der Waals surface area contributed by atoms with E-state index in [-0.39, 0.29) is 47.9 Å². The fourth-order valence-electron chi connectivity index (χ4n) is 5.85. The van der Waals surface area contributed by atoms with E-state index in [0.29, 0.717) is 11.7 Å². The van der Waals surface area contributed by atoms with Crippen molar-refractivity contribution in [3.05, 3.63) is 71.3 Å². The van der Waals surface area contributed by atoms with Crippen LogP contribution in [0.5, 0.6) is 0 Å². The predicted octanol–water partition coefficient (Wildman–Crippen LogP) is 4.25. The molecule has 1 saturated heterocycles. The van der Waals surface area contributed by atoms with Gasteiger partial charge in [-0.15, -0.1) is 0 Å². The lowest BCUT2D eigenvalue weighted by atomic mass is 9.85. The number of hydrogen-bond donors (Lipinski definition) is 0. The largest absolute Gasteiger partial charge is 0.282 e. The highest BCUT2D eigenvalue weighted by molar-refractivity contribution is 7.22. The van der Waals surface area contributed by atoms with Gasteiger partial charge in [-0.3, -0.25) is 24.2 Å². The molecule has 0 spiro atoms. The monoisotopic (exact) mass is 471 g/mol. The third-order valence-electron chi connectivity index (χ3n) is 7.38. The molecular weight excluding hydrogens is 446 g/mol. The second-order valence-electron chi connectivity index (χ2n) is 9.65. The summed E-state index contributed by atoms with van der Waals surface area (Å²) in [4.78, 5) is 47.6. The topological polar surface area (TPSA) is 70.6 Å². The van der Waals surface area contributed by atoms with Gasteiger partial charge in [0.15, 0.2) is 5.13 Å². The van der Waals surface area contributed by atoms with Crippen molar-refractivity contribution in [2.24, 2.45) is 23.7 Å². The summed E-state index contributed by atoms with van der Waals surface area (Å²) in [6, 6.07) is 13.8. The Kier molecular flexibility index (Phi) is 4.92. The van der Waals surface area contributed by atoms with Crippen LogP contribution in [-0.2, 0) is 20.9 Å². The number of anilines is 1. The van der Waals surface area contributed by atoms with E-state index in [1.54, 1.807) is 4.90 Å². The third kappa shape index (κ3) is 3.29. The summed E-state index contributed by atoms with van der Waals surface area (Å²) in [5.74, 6) is -1.03. The van der Waals surface area contributed by atoms with E-state index in [0.717, 1.165) is 33.3 Å². The number of likely N-dealkylation sites (tertiary alicyclic amines) is 1. The number of carbonyl (C=O) groups is 3. The highest BCUT2D eigenvalue weighted by Crippen LogP contribution is 2.52. The molecule has 34 heavy (non-hydrogen) atoms. The van der Waals surface area contributed by atoms with Gasteiger partial charge >= 0.3 is 0 Å². The molecule has 4 atom stereocenters. The predicted molar refractivity (Wildman–Crippen MR) is 131 cm³/mol. The molecule has 3 amide bonds. The molecule has 2 aliphatic carbocycles. The van der Waals surface area contributed by atoms with Gasteiger partial charge in [0, 0.05) is 0 Å². The average Bonchev–Trinajstić information content (AvgIpc) is 3.58. The maximum Gasteiger partial charge on any atom is 0.249 e. The number of hydrogen-bond acceptors (Lipinski definition) is 5. The van der Waals surface area contributed by atoms with Gasteiger partial charge in [0.1, 0.15) is 6.54 Å². The van der Waals surface area contributed by atoms with Gasteiger partial charge in [-0.2, -0.15) is 0 Å². The second-order valence-corrected chi connectivity index (χ2v) is 10.6. The molecule has 3 aliphatic rings. The first-order valence-electron chi connectivity index (χ1n) is 11.7. The molecule has 0 radical (unpaired) electrons. The zero-order valence-electron chi connectivity index (χ0n) is 19.1. The van der Waals surface area contributed by atoms with Crippen LogP contribution < -0.4 is 4.90 Å². The summed E-state index contributed by atoms with van der Waals surface area (Å²) >= 11 is 1.47. The van der Waals surface area contributed by atoms with E-state index in [1.165, 1.54) is 16.2 Å². The highest BCUT2D eigenvalue weighted by Gasteiger charge is 2.59. The average molecular weight is 472 g/mol. The molecule has 172 valence electrons. The Bertz CT molecular complexity index is 1330. The molecule has 4 unspecified atom stereocenters. The molecule has 1 aromatic heterocycles. The Morgan fingerprint density at radius 3 is 2.41 bits per heavy atom. The van der Waals surface area contributed by atoms with Crippen LogP contribution >= 0.6 is 11.3 Å². The van der Waals surface area contributed by atoms with Crippen LogP contribution in [-0.4, -0.2) is 34.2 Å². The zero-order valence-corrected chi connectivity index (χ0v) is 19.9. The number of carbonyl (C=O) groups excluding carboxylic acids is 3. The van der Waals surface area contributed by atoms with Gasteiger partial charge in [0.25, 0.3) is 0 Å². The summed E-state index contributed by atoms with van der Waals surface area (Å²) < 4.78 is 1.04. The van der Waals surface area contributed by atoms with E-state index in [4.69, 9.17) is 4.98 Å². The van der Waals surface area contributed by atoms with Crippen molar-refractivity contribution in [2.75, 3.05) is 11.4 Å². The maximum absolute atomic E-state index is 13.7. The lowest BCUT2D eigenvalue weighted by Crippen LogP contribution is -2.43. The molecule has 0 N–H and O–H groups in total. The summed E-state index contributed by atoms with van der Waals surface area (Å²) in [5, 5.41) is 0.582. The van der Waals surface area contributed by atoms with Crippen molar-refractivity contribution < 1.29 is 14.4 Å². The van der Waals surface area contributed by atoms with Gasteiger partial charge in [-0.25, -0.2) is 4.98 Å². The number of allylic oxidation sites excluding steroid dienone is 2. The maximum atomic E-state index is 13.7. The number of aryl methyl sites for hydroxylation is 2. The van der Waals surface area contributed by atoms with Gasteiger partial charge in [0.05, 0.1) is 28.6 Å². The molecule has 2 heterocycles. The van der Waals surface area contributed by atoms with Crippen molar-refractivity contribution in [3.8, 4) is 0 Å². The van der Waals surface area contributed by atoms with Crippen molar-refractivity contribution >= 4 is 44.4 Å². The summed E-state index contributed by atoms with van der Waals surface area (Å²) in [6.07, 6.45) is 5.00. The molecule has 2 fully saturated rings. The molecule has 1 aliphatic heterocycles. The first-order chi connectivity index (χ1) is 16.4. The second kappa shape index (κ2) is 7.87. The quantitative estimate of drug-likeness (QED) is 0.412. The Labute approximate surface area is 201 Å². The Balaban J connectivity index is 1.32. The molecule has 7 heteroatoms. The van der Waals surface area contributed by atoms with Crippen LogP contribution in [0.4, 0.5) is 5.13 Å². The molecule has 1 saturated carbocycles. The number of benzene rings is 2. The van der Waals surface area contributed by atoms with E-state index < -0.39 is 0 Å². The molecule has 3 aromatic rings. The molecule has 6 rings (SSSR count). The number of imide groups is 1. The number of rotatable bonds is 5. The van der Waals surface area contributed by atoms with E-state index in [9.17, 15) is 14.4 Å². The number of nitrogens with zero attached hydrogens (tertiary/aromatic N) is 3. The smallest absolute Gasteiger partial charge is 0.249 e. The van der Waals surface area contributed by atoms with Crippen molar-refractivity contribution in [1.82, 2.24) is 9.88 Å². The van der Waals surface area contributed by atoms with Crippen LogP contribution in [0.3, 0.4) is 0 Å². The van der Waals surface area contributed by atoms with Gasteiger partial charge in [0.2, 0.25) is 17.7 Å². The summed E-state index contributed by atoms with van der Waals surface area (Å²) in [7, 11) is 0. The van der Waals surface area contributed by atoms with Crippen LogP contribution in [0, 0.1) is 37.5 Å². The van der Waals surface area contributed by atoms with Crippen LogP contribution in [0.1, 0.15) is 23.1 Å². The Hall–Kier alpha value is -3.32. The van der Waals surface area contributed by atoms with Crippen LogP contribution in [0.25, 0.3) is 10.2 Å². The molecule has 6 nitrogen and oxygen atoms in total. The normalized spacial score (nSPS) is 24.9. The minimum absolute atomic E-state index is 0.127. The van der Waals surface area contributed by atoms with E-state index in [2.05, 4.69) is 18.2 Å². The summed E-state index contributed by atoms with van der Waals surface area (Å²) in [6.45, 7) is 4.16. The van der Waals surface area contributed by atoms with Crippen molar-refractivity contribution in [1.29, 1.82) is 0 Å². The lowest BCUT2D eigenvalue weighted by Gasteiger charge is -2.23. The van der Waals surface area contributed by atoms with Crippen molar-refractivity contribution in [3.63, 3.8) is 0 Å². The van der Waals surface area contributed by atoms with Crippen LogP contribution in [0.2, 0.25) is 0 Å². The first-order valence-corrected chi connectivity index (χ1v) is 12.5. The number of fused-ring (bicyclic) bond motifs is 6. The number of amides is 3. The van der Waals surface area contributed by atoms with Gasteiger partial charge in [-0.05, 0) is 54.9 Å². The Morgan fingerprint density at radius 1 is 1.06 bits per heavy atom. The molecule has 2 bridgehead atoms. The fraction of sp³-hybridized carbons (Fsp3) is 0.333. The Morgan fingerprint density at radius 2 is 1.74 bits per heavy atom. The first kappa shape index (κ1) is 21.2. The minimum atomic E-state index is -0.300. The number of thiazole rings is 1. The van der Waals surface area contributed by atoms with E-state index in [1.807, 2.05) is 50.2 Å². The van der Waals surface area contributed by atoms with Crippen LogP contribution in [0.15, 0.2) is 54.6 Å². The van der Waals surface area contributed by atoms with E-state index >= 15 is 0 Å².